The fourth-order valence-electron chi connectivity index (χ4n) is 2.05. The van der Waals surface area contributed by atoms with Crippen molar-refractivity contribution < 1.29 is 4.74 Å². The van der Waals surface area contributed by atoms with E-state index in [1.54, 1.807) is 7.11 Å². The van der Waals surface area contributed by atoms with Gasteiger partial charge in [0.25, 0.3) is 0 Å². The van der Waals surface area contributed by atoms with Crippen molar-refractivity contribution in [2.24, 2.45) is 5.73 Å². The average molecular weight is 291 g/mol. The summed E-state index contributed by atoms with van der Waals surface area (Å²) in [5.74, 6) is 0.658. The minimum Gasteiger partial charge on any atom is -0.495 e. The highest BCUT2D eigenvalue weighted by Crippen LogP contribution is 2.29. The zero-order valence-corrected chi connectivity index (χ0v) is 12.7. The van der Waals surface area contributed by atoms with Crippen molar-refractivity contribution in [2.75, 3.05) is 26.1 Å². The third kappa shape index (κ3) is 3.06. The number of nitrogens with two attached hydrogens (primary N) is 1. The molecule has 0 heterocycles. The molecule has 0 spiro atoms. The summed E-state index contributed by atoms with van der Waals surface area (Å²) in [4.78, 5) is 2.06. The number of hydrogen-bond acceptors (Lipinski definition) is 3. The lowest BCUT2D eigenvalue weighted by atomic mass is 9.99. The maximum atomic E-state index is 6.29. The van der Waals surface area contributed by atoms with Gasteiger partial charge in [0.1, 0.15) is 5.75 Å². The van der Waals surface area contributed by atoms with Crippen molar-refractivity contribution >= 4 is 17.3 Å². The molecule has 2 N–H and O–H groups in total. The lowest BCUT2D eigenvalue weighted by Crippen LogP contribution is -2.13. The van der Waals surface area contributed by atoms with Crippen LogP contribution in [0.25, 0.3) is 0 Å². The molecule has 0 saturated carbocycles. The molecule has 106 valence electrons. The Labute approximate surface area is 124 Å². The van der Waals surface area contributed by atoms with Crippen molar-refractivity contribution in [3.63, 3.8) is 0 Å². The van der Waals surface area contributed by atoms with Gasteiger partial charge in [-0.2, -0.15) is 0 Å². The van der Waals surface area contributed by atoms with Gasteiger partial charge in [-0.05, 0) is 35.4 Å². The van der Waals surface area contributed by atoms with Gasteiger partial charge in [0.2, 0.25) is 0 Å². The van der Waals surface area contributed by atoms with Gasteiger partial charge in [-0.3, -0.25) is 0 Å². The van der Waals surface area contributed by atoms with E-state index in [9.17, 15) is 0 Å². The Morgan fingerprint density at radius 3 is 2.15 bits per heavy atom. The lowest BCUT2D eigenvalue weighted by molar-refractivity contribution is 0.415. The number of benzene rings is 2. The molecule has 3 nitrogen and oxygen atoms in total. The van der Waals surface area contributed by atoms with Crippen LogP contribution < -0.4 is 15.4 Å². The van der Waals surface area contributed by atoms with E-state index in [4.69, 9.17) is 22.1 Å². The zero-order valence-electron chi connectivity index (χ0n) is 11.9. The first-order chi connectivity index (χ1) is 9.52. The second-order valence-electron chi connectivity index (χ2n) is 4.86. The van der Waals surface area contributed by atoms with Gasteiger partial charge in [0.05, 0.1) is 18.2 Å². The van der Waals surface area contributed by atoms with Crippen LogP contribution in [0.2, 0.25) is 5.02 Å². The molecule has 0 saturated heterocycles. The van der Waals surface area contributed by atoms with Crippen molar-refractivity contribution in [3.8, 4) is 5.75 Å². The Hall–Kier alpha value is -1.71. The molecule has 0 aliphatic rings. The maximum Gasteiger partial charge on any atom is 0.137 e. The van der Waals surface area contributed by atoms with Crippen LogP contribution in [0, 0.1) is 0 Å². The summed E-state index contributed by atoms with van der Waals surface area (Å²) >= 11 is 6.14. The smallest absolute Gasteiger partial charge is 0.137 e. The molecule has 2 aromatic carbocycles. The quantitative estimate of drug-likeness (QED) is 0.937. The monoisotopic (exact) mass is 290 g/mol. The summed E-state index contributed by atoms with van der Waals surface area (Å²) in [6.07, 6.45) is 0. The number of methoxy groups -OCH3 is 1. The average Bonchev–Trinajstić information content (AvgIpc) is 2.46. The largest absolute Gasteiger partial charge is 0.495 e. The molecule has 0 fully saturated rings. The van der Waals surface area contributed by atoms with Gasteiger partial charge < -0.3 is 15.4 Å². The van der Waals surface area contributed by atoms with Gasteiger partial charge in [-0.25, -0.2) is 0 Å². The first-order valence-electron chi connectivity index (χ1n) is 6.39. The van der Waals surface area contributed by atoms with E-state index < -0.39 is 0 Å². The van der Waals surface area contributed by atoms with Crippen molar-refractivity contribution in [1.29, 1.82) is 0 Å². The molecule has 4 heteroatoms. The van der Waals surface area contributed by atoms with Crippen LogP contribution >= 0.6 is 11.6 Å². The molecular formula is C16H19ClN2O. The summed E-state index contributed by atoms with van der Waals surface area (Å²) in [5, 5.41) is 0.574. The molecule has 20 heavy (non-hydrogen) atoms. The number of rotatable bonds is 4. The van der Waals surface area contributed by atoms with E-state index >= 15 is 0 Å². The molecule has 0 amide bonds. The van der Waals surface area contributed by atoms with Gasteiger partial charge in [-0.15, -0.1) is 0 Å². The molecule has 0 aromatic heterocycles. The Bertz CT molecular complexity index is 582. The summed E-state index contributed by atoms with van der Waals surface area (Å²) in [6.45, 7) is 0. The molecule has 0 radical (unpaired) electrons. The first-order valence-corrected chi connectivity index (χ1v) is 6.77. The second kappa shape index (κ2) is 6.16. The zero-order chi connectivity index (χ0) is 14.7. The minimum atomic E-state index is -0.199. The molecule has 1 unspecified atom stereocenters. The van der Waals surface area contributed by atoms with E-state index in [1.165, 1.54) is 0 Å². The van der Waals surface area contributed by atoms with Crippen molar-refractivity contribution in [3.05, 3.63) is 58.6 Å². The Balaban J connectivity index is 2.26. The highest BCUT2D eigenvalue weighted by molar-refractivity contribution is 6.32. The summed E-state index contributed by atoms with van der Waals surface area (Å²) < 4.78 is 5.15. The molecule has 0 bridgehead atoms. The van der Waals surface area contributed by atoms with E-state index in [-0.39, 0.29) is 6.04 Å². The predicted octanol–water partition coefficient (Wildman–Crippen LogP) is 3.46. The van der Waals surface area contributed by atoms with Crippen LogP contribution in [0.5, 0.6) is 5.75 Å². The number of nitrogens with zero attached hydrogens (tertiary/aromatic N) is 1. The van der Waals surface area contributed by atoms with Gasteiger partial charge in [0, 0.05) is 19.8 Å². The molecule has 1 atom stereocenters. The maximum absolute atomic E-state index is 6.29. The highest BCUT2D eigenvalue weighted by atomic mass is 35.5. The van der Waals surface area contributed by atoms with Crippen LogP contribution in [0.15, 0.2) is 42.5 Å². The van der Waals surface area contributed by atoms with Gasteiger partial charge in [0.15, 0.2) is 0 Å². The minimum absolute atomic E-state index is 0.199. The Morgan fingerprint density at radius 2 is 1.65 bits per heavy atom. The molecule has 0 aliphatic heterocycles. The van der Waals surface area contributed by atoms with Crippen LogP contribution in [0.1, 0.15) is 17.2 Å². The number of ether oxygens (including phenoxy) is 1. The van der Waals surface area contributed by atoms with Crippen LogP contribution in [0.3, 0.4) is 0 Å². The second-order valence-corrected chi connectivity index (χ2v) is 5.26. The van der Waals surface area contributed by atoms with Crippen LogP contribution in [0.4, 0.5) is 5.69 Å². The topological polar surface area (TPSA) is 38.5 Å². The van der Waals surface area contributed by atoms with E-state index in [2.05, 4.69) is 17.0 Å². The summed E-state index contributed by atoms with van der Waals surface area (Å²) in [5.41, 5.74) is 9.46. The third-order valence-electron chi connectivity index (χ3n) is 3.30. The highest BCUT2D eigenvalue weighted by Gasteiger charge is 2.11. The fourth-order valence-corrected chi connectivity index (χ4v) is 2.31. The number of hydrogen-bond donors (Lipinski definition) is 1. The van der Waals surface area contributed by atoms with Crippen molar-refractivity contribution in [1.82, 2.24) is 0 Å². The van der Waals surface area contributed by atoms with E-state index in [0.29, 0.717) is 10.8 Å². The number of halogens is 1. The summed E-state index contributed by atoms with van der Waals surface area (Å²) in [7, 11) is 5.62. The summed E-state index contributed by atoms with van der Waals surface area (Å²) in [6, 6.07) is 13.6. The SMILES string of the molecule is COc1ccc(C(N)c2ccc(N(C)C)cc2)cc1Cl. The lowest BCUT2D eigenvalue weighted by Gasteiger charge is -2.17. The van der Waals surface area contributed by atoms with Crippen LogP contribution in [-0.2, 0) is 0 Å². The van der Waals surface area contributed by atoms with E-state index in [1.807, 2.05) is 44.4 Å². The molecule has 2 rings (SSSR count). The van der Waals surface area contributed by atoms with E-state index in [0.717, 1.165) is 16.8 Å². The standard InChI is InChI=1S/C16H19ClN2O/c1-19(2)13-7-4-11(5-8-13)16(18)12-6-9-15(20-3)14(17)10-12/h4-10,16H,18H2,1-3H3. The van der Waals surface area contributed by atoms with Crippen LogP contribution in [-0.4, -0.2) is 21.2 Å². The Kier molecular flexibility index (Phi) is 4.53. The fraction of sp³-hybridized carbons (Fsp3) is 0.250. The molecule has 2 aromatic rings. The molecule has 0 aliphatic carbocycles. The first kappa shape index (κ1) is 14.7. The number of anilines is 1. The van der Waals surface area contributed by atoms with Gasteiger partial charge in [-0.1, -0.05) is 29.8 Å². The van der Waals surface area contributed by atoms with Crippen molar-refractivity contribution in [2.45, 2.75) is 6.04 Å². The predicted molar refractivity (Wildman–Crippen MR) is 84.8 cm³/mol. The molecular weight excluding hydrogens is 272 g/mol. The van der Waals surface area contributed by atoms with Gasteiger partial charge >= 0.3 is 0 Å². The third-order valence-corrected chi connectivity index (χ3v) is 3.60. The Morgan fingerprint density at radius 1 is 1.05 bits per heavy atom. The normalized spacial score (nSPS) is 12.1.